The van der Waals surface area contributed by atoms with E-state index in [9.17, 15) is 13.5 Å². The van der Waals surface area contributed by atoms with Gasteiger partial charge < -0.3 is 10.0 Å². The minimum atomic E-state index is -3.66. The number of pyridine rings is 1. The van der Waals surface area contributed by atoms with Gasteiger partial charge in [0.1, 0.15) is 10.7 Å². The number of β-amino-alcohol motifs (C(OH)–C–C–N with tert-alkyl or cyclic N) is 1. The van der Waals surface area contributed by atoms with E-state index in [1.54, 1.807) is 24.3 Å². The Morgan fingerprint density at radius 2 is 2.00 bits per heavy atom. The molecule has 134 valence electrons. The molecule has 1 fully saturated rings. The van der Waals surface area contributed by atoms with Crippen molar-refractivity contribution >= 4 is 21.5 Å². The lowest BCUT2D eigenvalue weighted by Crippen LogP contribution is -2.38. The summed E-state index contributed by atoms with van der Waals surface area (Å²) in [5.74, 6) is 0.695. The fourth-order valence-corrected chi connectivity index (χ4v) is 4.51. The molecule has 1 aromatic carbocycles. The Labute approximate surface area is 148 Å². The predicted molar refractivity (Wildman–Crippen MR) is 98.3 cm³/mol. The van der Waals surface area contributed by atoms with Gasteiger partial charge in [-0.05, 0) is 44.0 Å². The van der Waals surface area contributed by atoms with Crippen molar-refractivity contribution in [2.45, 2.75) is 30.8 Å². The molecule has 7 heteroatoms. The molecule has 0 saturated carbocycles. The molecule has 1 aliphatic heterocycles. The Kier molecular flexibility index (Phi) is 5.24. The van der Waals surface area contributed by atoms with Crippen LogP contribution in [0.25, 0.3) is 0 Å². The molecule has 2 heterocycles. The zero-order valence-electron chi connectivity index (χ0n) is 14.2. The minimum absolute atomic E-state index is 0.166. The van der Waals surface area contributed by atoms with Crippen LogP contribution in [0.2, 0.25) is 0 Å². The van der Waals surface area contributed by atoms with Crippen LogP contribution in [0.1, 0.15) is 19.8 Å². The summed E-state index contributed by atoms with van der Waals surface area (Å²) in [5, 5.41) is 9.78. The number of para-hydroxylation sites is 1. The van der Waals surface area contributed by atoms with Crippen LogP contribution in [-0.4, -0.2) is 44.2 Å². The maximum atomic E-state index is 12.9. The minimum Gasteiger partial charge on any atom is -0.391 e. The molecule has 1 aliphatic rings. The number of aliphatic hydroxyl groups is 1. The van der Waals surface area contributed by atoms with Crippen LogP contribution in [0, 0.1) is 0 Å². The summed E-state index contributed by atoms with van der Waals surface area (Å²) in [6.07, 6.45) is 2.75. The van der Waals surface area contributed by atoms with Gasteiger partial charge in [-0.1, -0.05) is 18.2 Å². The molecule has 1 saturated heterocycles. The fourth-order valence-electron chi connectivity index (χ4n) is 3.09. The van der Waals surface area contributed by atoms with Gasteiger partial charge in [-0.15, -0.1) is 0 Å². The summed E-state index contributed by atoms with van der Waals surface area (Å²) in [6.45, 7) is 3.50. The number of aliphatic hydroxyl groups excluding tert-OH is 1. The van der Waals surface area contributed by atoms with Gasteiger partial charge in [0.25, 0.3) is 10.0 Å². The monoisotopic (exact) mass is 361 g/mol. The van der Waals surface area contributed by atoms with E-state index in [0.717, 1.165) is 19.4 Å². The van der Waals surface area contributed by atoms with Gasteiger partial charge in [-0.25, -0.2) is 13.4 Å². The highest BCUT2D eigenvalue weighted by molar-refractivity contribution is 7.92. The molecule has 0 bridgehead atoms. The highest BCUT2D eigenvalue weighted by Gasteiger charge is 2.25. The molecule has 2 aromatic rings. The molecule has 1 N–H and O–H groups in total. The Balaban J connectivity index is 1.85. The lowest BCUT2D eigenvalue weighted by Gasteiger charge is -2.31. The van der Waals surface area contributed by atoms with E-state index in [0.29, 0.717) is 24.6 Å². The zero-order valence-corrected chi connectivity index (χ0v) is 15.1. The first-order valence-corrected chi connectivity index (χ1v) is 9.93. The summed E-state index contributed by atoms with van der Waals surface area (Å²) < 4.78 is 27.2. The van der Waals surface area contributed by atoms with Gasteiger partial charge in [-0.3, -0.25) is 4.31 Å². The van der Waals surface area contributed by atoms with Crippen molar-refractivity contribution < 1.29 is 13.5 Å². The van der Waals surface area contributed by atoms with Crippen LogP contribution in [0.5, 0.6) is 0 Å². The highest BCUT2D eigenvalue weighted by atomic mass is 32.2. The average Bonchev–Trinajstić information content (AvgIpc) is 2.63. The Morgan fingerprint density at radius 3 is 2.60 bits per heavy atom. The Hall–Kier alpha value is -2.12. The summed E-state index contributed by atoms with van der Waals surface area (Å²) in [7, 11) is -3.66. The molecular weight excluding hydrogens is 338 g/mol. The standard InChI is InChI=1S/C18H23N3O3S/c1-2-21(15-7-4-3-5-8-15)25(23,24)17-10-11-18(19-13-17)20-12-6-9-16(22)14-20/h3-5,7-8,10-11,13,16,22H,2,6,9,12,14H2,1H3. The maximum absolute atomic E-state index is 12.9. The average molecular weight is 361 g/mol. The summed E-state index contributed by atoms with van der Waals surface area (Å²) >= 11 is 0. The highest BCUT2D eigenvalue weighted by Crippen LogP contribution is 2.24. The molecule has 0 amide bonds. The second kappa shape index (κ2) is 7.41. The van der Waals surface area contributed by atoms with Crippen molar-refractivity contribution in [3.05, 3.63) is 48.7 Å². The lowest BCUT2D eigenvalue weighted by atomic mass is 10.1. The molecule has 25 heavy (non-hydrogen) atoms. The first-order chi connectivity index (χ1) is 12.0. The van der Waals surface area contributed by atoms with Crippen LogP contribution in [0.15, 0.2) is 53.6 Å². The zero-order chi connectivity index (χ0) is 17.9. The van der Waals surface area contributed by atoms with Crippen LogP contribution in [-0.2, 0) is 10.0 Å². The van der Waals surface area contributed by atoms with E-state index in [1.807, 2.05) is 30.0 Å². The Bertz CT molecular complexity index is 794. The molecule has 6 nitrogen and oxygen atoms in total. The smallest absolute Gasteiger partial charge is 0.265 e. The van der Waals surface area contributed by atoms with Gasteiger partial charge >= 0.3 is 0 Å². The van der Waals surface area contributed by atoms with Gasteiger partial charge in [-0.2, -0.15) is 0 Å². The third-order valence-corrected chi connectivity index (χ3v) is 6.25. The second-order valence-corrected chi connectivity index (χ2v) is 7.96. The van der Waals surface area contributed by atoms with Crippen molar-refractivity contribution in [3.63, 3.8) is 0 Å². The fraction of sp³-hybridized carbons (Fsp3) is 0.389. The van der Waals surface area contributed by atoms with Crippen LogP contribution in [0.4, 0.5) is 11.5 Å². The van der Waals surface area contributed by atoms with Crippen molar-refractivity contribution in [1.29, 1.82) is 0 Å². The third-order valence-electron chi connectivity index (χ3n) is 4.36. The molecule has 0 spiro atoms. The summed E-state index contributed by atoms with van der Waals surface area (Å²) in [4.78, 5) is 6.47. The molecule has 0 radical (unpaired) electrons. The van der Waals surface area contributed by atoms with Gasteiger partial charge in [0.15, 0.2) is 0 Å². The quantitative estimate of drug-likeness (QED) is 0.884. The van der Waals surface area contributed by atoms with Crippen molar-refractivity contribution in [1.82, 2.24) is 4.98 Å². The van der Waals surface area contributed by atoms with Crippen molar-refractivity contribution in [3.8, 4) is 0 Å². The number of hydrogen-bond acceptors (Lipinski definition) is 5. The number of aromatic nitrogens is 1. The van der Waals surface area contributed by atoms with Crippen LogP contribution in [0.3, 0.4) is 0 Å². The van der Waals surface area contributed by atoms with Crippen LogP contribution >= 0.6 is 0 Å². The molecule has 1 atom stereocenters. The summed E-state index contributed by atoms with van der Waals surface area (Å²) in [6, 6.07) is 12.3. The first kappa shape index (κ1) is 17.7. The topological polar surface area (TPSA) is 73.7 Å². The van der Waals surface area contributed by atoms with Gasteiger partial charge in [0.2, 0.25) is 0 Å². The molecule has 1 aromatic heterocycles. The second-order valence-electron chi connectivity index (χ2n) is 6.10. The maximum Gasteiger partial charge on any atom is 0.265 e. The van der Waals surface area contributed by atoms with E-state index >= 15 is 0 Å². The normalized spacial score (nSPS) is 18.2. The van der Waals surface area contributed by atoms with E-state index in [2.05, 4.69) is 4.98 Å². The lowest BCUT2D eigenvalue weighted by molar-refractivity contribution is 0.154. The van der Waals surface area contributed by atoms with E-state index in [1.165, 1.54) is 10.5 Å². The predicted octanol–water partition coefficient (Wildman–Crippen LogP) is 2.26. The van der Waals surface area contributed by atoms with Gasteiger partial charge in [0.05, 0.1) is 11.8 Å². The molecule has 3 rings (SSSR count). The third kappa shape index (κ3) is 3.77. The van der Waals surface area contributed by atoms with Crippen molar-refractivity contribution in [2.24, 2.45) is 0 Å². The number of hydrogen-bond donors (Lipinski definition) is 1. The van der Waals surface area contributed by atoms with Crippen LogP contribution < -0.4 is 9.21 Å². The van der Waals surface area contributed by atoms with E-state index in [-0.39, 0.29) is 11.0 Å². The van der Waals surface area contributed by atoms with E-state index in [4.69, 9.17) is 0 Å². The number of anilines is 2. The molecule has 1 unspecified atom stereocenters. The number of nitrogens with zero attached hydrogens (tertiary/aromatic N) is 3. The number of sulfonamides is 1. The molecular formula is C18H23N3O3S. The number of rotatable bonds is 5. The SMILES string of the molecule is CCN(c1ccccc1)S(=O)(=O)c1ccc(N2CCCC(O)C2)nc1. The first-order valence-electron chi connectivity index (χ1n) is 8.49. The molecule has 0 aliphatic carbocycles. The van der Waals surface area contributed by atoms with Crippen molar-refractivity contribution in [2.75, 3.05) is 28.8 Å². The van der Waals surface area contributed by atoms with E-state index < -0.39 is 10.0 Å². The van der Waals surface area contributed by atoms with Gasteiger partial charge in [0, 0.05) is 25.8 Å². The Morgan fingerprint density at radius 1 is 1.24 bits per heavy atom. The number of benzene rings is 1. The number of piperidine rings is 1. The largest absolute Gasteiger partial charge is 0.391 e. The summed E-state index contributed by atoms with van der Waals surface area (Å²) in [5.41, 5.74) is 0.633.